The zero-order valence-corrected chi connectivity index (χ0v) is 12.8. The van der Waals surface area contributed by atoms with Gasteiger partial charge in [-0.05, 0) is 38.5 Å². The molecule has 1 atom stereocenters. The molecule has 0 aromatic heterocycles. The lowest BCUT2D eigenvalue weighted by atomic mass is 9.83. The van der Waals surface area contributed by atoms with Crippen molar-refractivity contribution in [2.24, 2.45) is 10.8 Å². The van der Waals surface area contributed by atoms with Crippen LogP contribution in [0.1, 0.15) is 66.7 Å². The van der Waals surface area contributed by atoms with Gasteiger partial charge >= 0.3 is 5.97 Å². The van der Waals surface area contributed by atoms with E-state index in [2.05, 4.69) is 20.8 Å². The molecule has 0 heterocycles. The van der Waals surface area contributed by atoms with Gasteiger partial charge in [0.1, 0.15) is 5.78 Å². The fourth-order valence-electron chi connectivity index (χ4n) is 1.74. The Morgan fingerprint density at radius 2 is 1.58 bits per heavy atom. The Balaban J connectivity index is 4.01. The summed E-state index contributed by atoms with van der Waals surface area (Å²) in [6.07, 6.45) is 1.83. The minimum atomic E-state index is -1.20. The van der Waals surface area contributed by atoms with Crippen LogP contribution in [0, 0.1) is 10.8 Å². The Morgan fingerprint density at radius 3 is 2.00 bits per heavy atom. The summed E-state index contributed by atoms with van der Waals surface area (Å²) >= 11 is 0. The van der Waals surface area contributed by atoms with Gasteiger partial charge in [0.25, 0.3) is 0 Å². The molecule has 1 unspecified atom stereocenters. The third kappa shape index (κ3) is 7.31. The van der Waals surface area contributed by atoms with Crippen molar-refractivity contribution in [2.45, 2.75) is 72.8 Å². The summed E-state index contributed by atoms with van der Waals surface area (Å²) in [4.78, 5) is 22.6. The highest BCUT2D eigenvalue weighted by atomic mass is 16.4. The average Bonchev–Trinajstić information content (AvgIpc) is 2.23. The highest BCUT2D eigenvalue weighted by Gasteiger charge is 2.35. The van der Waals surface area contributed by atoms with Crippen molar-refractivity contribution in [3.05, 3.63) is 0 Å². The Morgan fingerprint density at radius 1 is 1.05 bits per heavy atom. The molecule has 4 nitrogen and oxygen atoms in total. The maximum Gasteiger partial charge on any atom is 0.311 e. The Labute approximate surface area is 116 Å². The molecule has 0 aliphatic rings. The molecule has 0 aliphatic heterocycles. The second kappa shape index (κ2) is 7.04. The van der Waals surface area contributed by atoms with Crippen LogP contribution in [-0.2, 0) is 9.59 Å². The third-order valence-electron chi connectivity index (χ3n) is 3.46. The van der Waals surface area contributed by atoms with Crippen molar-refractivity contribution in [1.29, 1.82) is 0 Å². The second-order valence-corrected chi connectivity index (χ2v) is 7.03. The molecule has 0 spiro atoms. The van der Waals surface area contributed by atoms with E-state index in [-0.39, 0.29) is 24.0 Å². The van der Waals surface area contributed by atoms with Crippen molar-refractivity contribution < 1.29 is 19.8 Å². The molecule has 0 aromatic carbocycles. The van der Waals surface area contributed by atoms with E-state index in [1.807, 2.05) is 0 Å². The van der Waals surface area contributed by atoms with Crippen LogP contribution in [0.25, 0.3) is 0 Å². The molecule has 19 heavy (non-hydrogen) atoms. The summed E-state index contributed by atoms with van der Waals surface area (Å²) in [6.45, 7) is 9.36. The first kappa shape index (κ1) is 18.1. The number of hydrogen-bond donors (Lipinski definition) is 2. The molecule has 112 valence electrons. The topological polar surface area (TPSA) is 74.6 Å². The Kier molecular flexibility index (Phi) is 6.70. The van der Waals surface area contributed by atoms with Gasteiger partial charge in [0.15, 0.2) is 0 Å². The van der Waals surface area contributed by atoms with E-state index >= 15 is 0 Å². The molecule has 0 saturated heterocycles. The largest absolute Gasteiger partial charge is 0.481 e. The zero-order chi connectivity index (χ0) is 15.3. The van der Waals surface area contributed by atoms with Crippen LogP contribution in [-0.4, -0.2) is 28.1 Å². The van der Waals surface area contributed by atoms with E-state index in [9.17, 15) is 14.7 Å². The number of Topliss-reactive ketones (excluding diaryl/α,β-unsaturated/α-hetero) is 1. The van der Waals surface area contributed by atoms with Gasteiger partial charge in [-0.3, -0.25) is 9.59 Å². The van der Waals surface area contributed by atoms with E-state index in [0.717, 1.165) is 12.8 Å². The van der Waals surface area contributed by atoms with E-state index in [4.69, 9.17) is 5.11 Å². The quantitative estimate of drug-likeness (QED) is 0.712. The Hall–Kier alpha value is -0.900. The predicted molar refractivity (Wildman–Crippen MR) is 75.0 cm³/mol. The van der Waals surface area contributed by atoms with Crippen molar-refractivity contribution in [2.75, 3.05) is 0 Å². The summed E-state index contributed by atoms with van der Waals surface area (Å²) in [7, 11) is 0. The maximum absolute atomic E-state index is 11.7. The second-order valence-electron chi connectivity index (χ2n) is 7.03. The lowest BCUT2D eigenvalue weighted by Gasteiger charge is -2.25. The van der Waals surface area contributed by atoms with Gasteiger partial charge in [0, 0.05) is 12.8 Å². The minimum absolute atomic E-state index is 0.101. The number of rotatable bonds is 8. The first-order valence-corrected chi connectivity index (χ1v) is 6.90. The highest BCUT2D eigenvalue weighted by Crippen LogP contribution is 2.25. The number of carboxylic acid groups (broad SMARTS) is 1. The van der Waals surface area contributed by atoms with E-state index in [0.29, 0.717) is 6.42 Å². The lowest BCUT2D eigenvalue weighted by molar-refractivity contribution is -0.154. The van der Waals surface area contributed by atoms with Gasteiger partial charge in [-0.2, -0.15) is 0 Å². The van der Waals surface area contributed by atoms with Crippen LogP contribution in [0.3, 0.4) is 0 Å². The van der Waals surface area contributed by atoms with E-state index in [1.165, 1.54) is 13.8 Å². The summed E-state index contributed by atoms with van der Waals surface area (Å²) < 4.78 is 0. The molecule has 4 heteroatoms. The van der Waals surface area contributed by atoms with E-state index < -0.39 is 17.5 Å². The van der Waals surface area contributed by atoms with Gasteiger partial charge in [0.2, 0.25) is 0 Å². The summed E-state index contributed by atoms with van der Waals surface area (Å²) in [5, 5.41) is 18.8. The molecule has 0 saturated carbocycles. The lowest BCUT2D eigenvalue weighted by Crippen LogP contribution is -2.37. The fourth-order valence-corrected chi connectivity index (χ4v) is 1.74. The van der Waals surface area contributed by atoms with Crippen molar-refractivity contribution >= 4 is 11.8 Å². The summed E-state index contributed by atoms with van der Waals surface area (Å²) in [6, 6.07) is 0. The maximum atomic E-state index is 11.7. The average molecular weight is 272 g/mol. The molecule has 2 N–H and O–H groups in total. The van der Waals surface area contributed by atoms with Crippen LogP contribution < -0.4 is 0 Å². The molecule has 0 bridgehead atoms. The van der Waals surface area contributed by atoms with Gasteiger partial charge in [0.05, 0.1) is 11.5 Å². The summed E-state index contributed by atoms with van der Waals surface area (Å²) in [5.74, 6) is -0.940. The molecule has 0 radical (unpaired) electrons. The standard InChI is InChI=1S/C15H28O4/c1-14(2,3)10-6-7-11(16)8-9-12(17)15(4,5)13(18)19/h12,17H,6-10H2,1-5H3,(H,18,19). The van der Waals surface area contributed by atoms with Crippen LogP contribution >= 0.6 is 0 Å². The van der Waals surface area contributed by atoms with Crippen molar-refractivity contribution in [1.82, 2.24) is 0 Å². The number of carboxylic acids is 1. The van der Waals surface area contributed by atoms with Gasteiger partial charge in [-0.15, -0.1) is 0 Å². The number of aliphatic hydroxyl groups is 1. The SMILES string of the molecule is CC(C)(C)CCCC(=O)CCC(O)C(C)(C)C(=O)O. The number of hydrogen-bond acceptors (Lipinski definition) is 3. The number of aliphatic carboxylic acids is 1. The fraction of sp³-hybridized carbons (Fsp3) is 0.867. The smallest absolute Gasteiger partial charge is 0.311 e. The van der Waals surface area contributed by atoms with Crippen LogP contribution in [0.2, 0.25) is 0 Å². The molecule has 0 rings (SSSR count). The van der Waals surface area contributed by atoms with Crippen molar-refractivity contribution in [3.63, 3.8) is 0 Å². The molecule has 0 aliphatic carbocycles. The first-order valence-electron chi connectivity index (χ1n) is 6.90. The monoisotopic (exact) mass is 272 g/mol. The number of ketones is 1. The van der Waals surface area contributed by atoms with Gasteiger partial charge in [-0.1, -0.05) is 20.8 Å². The number of carbonyl (C=O) groups is 2. The van der Waals surface area contributed by atoms with Crippen LogP contribution in [0.4, 0.5) is 0 Å². The molecule has 0 fully saturated rings. The Bertz CT molecular complexity index is 313. The zero-order valence-electron chi connectivity index (χ0n) is 12.8. The number of aliphatic hydroxyl groups excluding tert-OH is 1. The molecule has 0 aromatic rings. The molecular formula is C15H28O4. The van der Waals surface area contributed by atoms with Gasteiger partial charge < -0.3 is 10.2 Å². The summed E-state index contributed by atoms with van der Waals surface area (Å²) in [5.41, 5.74) is -0.975. The normalized spacial score (nSPS) is 14.2. The van der Waals surface area contributed by atoms with Crippen molar-refractivity contribution in [3.8, 4) is 0 Å². The van der Waals surface area contributed by atoms with Crippen LogP contribution in [0.5, 0.6) is 0 Å². The minimum Gasteiger partial charge on any atom is -0.481 e. The molecular weight excluding hydrogens is 244 g/mol. The number of carbonyl (C=O) groups excluding carboxylic acids is 1. The third-order valence-corrected chi connectivity index (χ3v) is 3.46. The first-order chi connectivity index (χ1) is 8.47. The van der Waals surface area contributed by atoms with Gasteiger partial charge in [-0.25, -0.2) is 0 Å². The predicted octanol–water partition coefficient (Wildman–Crippen LogP) is 3.02. The molecule has 0 amide bonds. The highest BCUT2D eigenvalue weighted by molar-refractivity contribution is 5.78. The van der Waals surface area contributed by atoms with Crippen LogP contribution in [0.15, 0.2) is 0 Å². The van der Waals surface area contributed by atoms with E-state index in [1.54, 1.807) is 0 Å².